The van der Waals surface area contributed by atoms with E-state index in [0.29, 0.717) is 6.04 Å². The number of benzene rings is 1. The lowest BCUT2D eigenvalue weighted by atomic mass is 9.90. The average Bonchev–Trinajstić information content (AvgIpc) is 2.42. The lowest BCUT2D eigenvalue weighted by Crippen LogP contribution is -2.62. The highest BCUT2D eigenvalue weighted by Gasteiger charge is 2.35. The minimum atomic E-state index is 0.208. The van der Waals surface area contributed by atoms with E-state index in [1.165, 1.54) is 16.5 Å². The largest absolute Gasteiger partial charge is 0.311 e. The van der Waals surface area contributed by atoms with Crippen molar-refractivity contribution in [3.05, 3.63) is 34.3 Å². The molecule has 0 spiro atoms. The van der Waals surface area contributed by atoms with Gasteiger partial charge in [0.25, 0.3) is 0 Å². The highest BCUT2D eigenvalue weighted by Crippen LogP contribution is 2.26. The molecule has 2 atom stereocenters. The number of hydrogen-bond donors (Lipinski definition) is 1. The normalized spacial score (nSPS) is 24.6. The monoisotopic (exact) mass is 338 g/mol. The van der Waals surface area contributed by atoms with Gasteiger partial charge in [-0.1, -0.05) is 54.4 Å². The third kappa shape index (κ3) is 3.63. The maximum atomic E-state index is 3.74. The van der Waals surface area contributed by atoms with Crippen LogP contribution >= 0.6 is 15.9 Å². The topological polar surface area (TPSA) is 15.3 Å². The van der Waals surface area contributed by atoms with Gasteiger partial charge in [-0.3, -0.25) is 4.90 Å². The molecule has 3 heteroatoms. The average molecular weight is 339 g/mol. The number of hydrogen-bond acceptors (Lipinski definition) is 2. The summed E-state index contributed by atoms with van der Waals surface area (Å²) in [6, 6.07) is 9.17. The van der Waals surface area contributed by atoms with E-state index in [9.17, 15) is 0 Å². The summed E-state index contributed by atoms with van der Waals surface area (Å²) < 4.78 is 1.22. The van der Waals surface area contributed by atoms with Gasteiger partial charge >= 0.3 is 0 Å². The van der Waals surface area contributed by atoms with Gasteiger partial charge in [-0.2, -0.15) is 0 Å². The van der Waals surface area contributed by atoms with Crippen LogP contribution in [0.5, 0.6) is 0 Å². The third-order valence-electron chi connectivity index (χ3n) is 4.72. The summed E-state index contributed by atoms with van der Waals surface area (Å²) >= 11 is 3.68. The maximum absolute atomic E-state index is 3.74. The van der Waals surface area contributed by atoms with Crippen LogP contribution in [-0.4, -0.2) is 29.6 Å². The molecule has 0 saturated carbocycles. The molecule has 0 amide bonds. The van der Waals surface area contributed by atoms with Crippen molar-refractivity contribution in [2.75, 3.05) is 13.1 Å². The second-order valence-electron chi connectivity index (χ2n) is 6.66. The van der Waals surface area contributed by atoms with Crippen LogP contribution in [0.1, 0.15) is 39.7 Å². The Kier molecular flexibility index (Phi) is 5.27. The van der Waals surface area contributed by atoms with Gasteiger partial charge < -0.3 is 5.32 Å². The van der Waals surface area contributed by atoms with E-state index < -0.39 is 0 Å². The van der Waals surface area contributed by atoms with E-state index in [2.05, 4.69) is 78.1 Å². The first-order valence-corrected chi connectivity index (χ1v) is 8.45. The lowest BCUT2D eigenvalue weighted by molar-refractivity contribution is 0.0447. The van der Waals surface area contributed by atoms with Crippen molar-refractivity contribution in [3.8, 4) is 0 Å². The van der Waals surface area contributed by atoms with Gasteiger partial charge in [0, 0.05) is 35.7 Å². The van der Waals surface area contributed by atoms with E-state index in [1.807, 2.05) is 0 Å². The fraction of sp³-hybridized carbons (Fsp3) is 0.647. The van der Waals surface area contributed by atoms with Gasteiger partial charge in [0.05, 0.1) is 0 Å². The molecule has 1 fully saturated rings. The minimum absolute atomic E-state index is 0.208. The third-order valence-corrected chi connectivity index (χ3v) is 5.49. The number of nitrogens with one attached hydrogen (secondary N) is 1. The van der Waals surface area contributed by atoms with E-state index in [0.717, 1.165) is 25.6 Å². The first-order chi connectivity index (χ1) is 9.44. The van der Waals surface area contributed by atoms with Crippen LogP contribution in [0.3, 0.4) is 0 Å². The van der Waals surface area contributed by atoms with Gasteiger partial charge in [-0.25, -0.2) is 0 Å². The van der Waals surface area contributed by atoms with Gasteiger partial charge in [0.15, 0.2) is 0 Å². The van der Waals surface area contributed by atoms with E-state index in [1.54, 1.807) is 0 Å². The van der Waals surface area contributed by atoms with Crippen LogP contribution in [0.15, 0.2) is 28.7 Å². The SMILES string of the molecule is CCC(C)C1CN(Cc2ccccc2Br)C(C)(C)CN1. The van der Waals surface area contributed by atoms with Crippen molar-refractivity contribution in [1.29, 1.82) is 0 Å². The van der Waals surface area contributed by atoms with Crippen LogP contribution in [0.2, 0.25) is 0 Å². The zero-order valence-corrected chi connectivity index (χ0v) is 14.7. The molecule has 20 heavy (non-hydrogen) atoms. The second kappa shape index (κ2) is 6.59. The van der Waals surface area contributed by atoms with Crippen LogP contribution in [0, 0.1) is 5.92 Å². The maximum Gasteiger partial charge on any atom is 0.0281 e. The Morgan fingerprint density at radius 2 is 2.10 bits per heavy atom. The zero-order valence-electron chi connectivity index (χ0n) is 13.1. The summed E-state index contributed by atoms with van der Waals surface area (Å²) in [6.07, 6.45) is 1.24. The first kappa shape index (κ1) is 16.0. The highest BCUT2D eigenvalue weighted by molar-refractivity contribution is 9.10. The summed E-state index contributed by atoms with van der Waals surface area (Å²) in [6.45, 7) is 12.5. The summed E-state index contributed by atoms with van der Waals surface area (Å²) in [5.41, 5.74) is 1.59. The molecule has 1 aliphatic rings. The predicted molar refractivity (Wildman–Crippen MR) is 89.9 cm³/mol. The molecule has 2 rings (SSSR count). The van der Waals surface area contributed by atoms with Crippen molar-refractivity contribution in [1.82, 2.24) is 10.2 Å². The number of nitrogens with zero attached hydrogens (tertiary/aromatic N) is 1. The fourth-order valence-corrected chi connectivity index (χ4v) is 3.23. The van der Waals surface area contributed by atoms with E-state index >= 15 is 0 Å². The molecular weight excluding hydrogens is 312 g/mol. The molecule has 112 valence electrons. The fourth-order valence-electron chi connectivity index (χ4n) is 2.82. The molecule has 1 N–H and O–H groups in total. The Labute approximate surface area is 132 Å². The van der Waals surface area contributed by atoms with Crippen molar-refractivity contribution in [2.24, 2.45) is 5.92 Å². The van der Waals surface area contributed by atoms with Crippen molar-refractivity contribution >= 4 is 15.9 Å². The van der Waals surface area contributed by atoms with Gasteiger partial charge in [-0.05, 0) is 31.4 Å². The minimum Gasteiger partial charge on any atom is -0.311 e. The molecule has 2 nitrogen and oxygen atoms in total. The Morgan fingerprint density at radius 1 is 1.40 bits per heavy atom. The Balaban J connectivity index is 2.12. The molecule has 0 bridgehead atoms. The van der Waals surface area contributed by atoms with Crippen LogP contribution < -0.4 is 5.32 Å². The first-order valence-electron chi connectivity index (χ1n) is 7.66. The number of rotatable bonds is 4. The molecule has 1 aliphatic heterocycles. The number of piperazine rings is 1. The predicted octanol–water partition coefficient (Wildman–Crippen LogP) is 4.05. The quantitative estimate of drug-likeness (QED) is 0.890. The molecule has 0 aliphatic carbocycles. The van der Waals surface area contributed by atoms with Crippen LogP contribution in [0.25, 0.3) is 0 Å². The highest BCUT2D eigenvalue weighted by atomic mass is 79.9. The van der Waals surface area contributed by atoms with Crippen molar-refractivity contribution < 1.29 is 0 Å². The summed E-state index contributed by atoms with van der Waals surface area (Å²) in [7, 11) is 0. The Hall–Kier alpha value is -0.380. The number of halogens is 1. The van der Waals surface area contributed by atoms with Gasteiger partial charge in [0.1, 0.15) is 0 Å². The van der Waals surface area contributed by atoms with Crippen molar-refractivity contribution in [2.45, 2.75) is 52.2 Å². The Morgan fingerprint density at radius 3 is 2.75 bits per heavy atom. The summed E-state index contributed by atoms with van der Waals surface area (Å²) in [5.74, 6) is 0.729. The van der Waals surface area contributed by atoms with E-state index in [-0.39, 0.29) is 5.54 Å². The van der Waals surface area contributed by atoms with Crippen molar-refractivity contribution in [3.63, 3.8) is 0 Å². The zero-order chi connectivity index (χ0) is 14.8. The van der Waals surface area contributed by atoms with Gasteiger partial charge in [-0.15, -0.1) is 0 Å². The van der Waals surface area contributed by atoms with Gasteiger partial charge in [0.2, 0.25) is 0 Å². The Bertz CT molecular complexity index is 444. The van der Waals surface area contributed by atoms with E-state index in [4.69, 9.17) is 0 Å². The van der Waals surface area contributed by atoms with Crippen LogP contribution in [0.4, 0.5) is 0 Å². The summed E-state index contributed by atoms with van der Waals surface area (Å²) in [5, 5.41) is 3.74. The second-order valence-corrected chi connectivity index (χ2v) is 7.51. The summed E-state index contributed by atoms with van der Waals surface area (Å²) in [4.78, 5) is 2.63. The molecule has 1 heterocycles. The molecule has 2 unspecified atom stereocenters. The molecule has 0 aromatic heterocycles. The molecule has 1 saturated heterocycles. The smallest absolute Gasteiger partial charge is 0.0281 e. The lowest BCUT2D eigenvalue weighted by Gasteiger charge is -2.47. The molecule has 0 radical (unpaired) electrons. The van der Waals surface area contributed by atoms with Crippen LogP contribution in [-0.2, 0) is 6.54 Å². The standard InChI is InChI=1S/C17H27BrN2/c1-5-13(2)16-11-20(17(3,4)12-19-16)10-14-8-6-7-9-15(14)18/h6-9,13,16,19H,5,10-12H2,1-4H3. The molecule has 1 aromatic carbocycles. The molecule has 1 aromatic rings. The molecular formula is C17H27BrN2.